The molecule has 1 aliphatic carbocycles. The summed E-state index contributed by atoms with van der Waals surface area (Å²) in [6.07, 6.45) is 9.07. The van der Waals surface area contributed by atoms with Crippen molar-refractivity contribution in [1.29, 1.82) is 0 Å². The number of rotatable bonds is 10. The average Bonchev–Trinajstić information content (AvgIpc) is 3.09. The molecule has 2 aliphatic rings. The molecular weight excluding hydrogens is 439 g/mol. The highest BCUT2D eigenvalue weighted by molar-refractivity contribution is 14.0. The number of likely N-dealkylation sites (tertiary alicyclic amines) is 1. The Hall–Kier alpha value is -0.0800. The third-order valence-corrected chi connectivity index (χ3v) is 6.01. The van der Waals surface area contributed by atoms with Crippen LogP contribution in [-0.4, -0.2) is 63.8 Å². The van der Waals surface area contributed by atoms with Gasteiger partial charge in [0.05, 0.1) is 0 Å². The molecule has 2 N–H and O–H groups in total. The van der Waals surface area contributed by atoms with Crippen LogP contribution in [0.1, 0.15) is 58.8 Å². The predicted octanol–water partition coefficient (Wildman–Crippen LogP) is 3.49. The van der Waals surface area contributed by atoms with Crippen LogP contribution in [0.5, 0.6) is 0 Å². The summed E-state index contributed by atoms with van der Waals surface area (Å²) in [6.45, 7) is 10.0. The maximum absolute atomic E-state index is 5.30. The van der Waals surface area contributed by atoms with E-state index >= 15 is 0 Å². The zero-order chi connectivity index (χ0) is 18.1. The van der Waals surface area contributed by atoms with E-state index < -0.39 is 0 Å². The summed E-state index contributed by atoms with van der Waals surface area (Å²) in [5.41, 5.74) is 0.417. The lowest BCUT2D eigenvalue weighted by Crippen LogP contribution is -2.50. The van der Waals surface area contributed by atoms with Gasteiger partial charge >= 0.3 is 0 Å². The van der Waals surface area contributed by atoms with Gasteiger partial charge in [0, 0.05) is 39.9 Å². The van der Waals surface area contributed by atoms with E-state index in [0.717, 1.165) is 38.0 Å². The van der Waals surface area contributed by atoms with Crippen LogP contribution in [-0.2, 0) is 4.74 Å². The SMILES string of the molecule is CN=C(NCC(CC(C)C)N1CCCC1)NCC1(CCOC)CCC1.I. The highest BCUT2D eigenvalue weighted by Gasteiger charge is 2.36. The van der Waals surface area contributed by atoms with Gasteiger partial charge < -0.3 is 15.4 Å². The van der Waals surface area contributed by atoms with Crippen molar-refractivity contribution in [3.63, 3.8) is 0 Å². The zero-order valence-electron chi connectivity index (χ0n) is 17.4. The Morgan fingerprint density at radius 3 is 2.35 bits per heavy atom. The molecule has 154 valence electrons. The summed E-state index contributed by atoms with van der Waals surface area (Å²) in [5, 5.41) is 7.18. The van der Waals surface area contributed by atoms with Gasteiger partial charge in [-0.15, -0.1) is 24.0 Å². The molecule has 1 aliphatic heterocycles. The number of guanidine groups is 1. The first-order valence-corrected chi connectivity index (χ1v) is 10.3. The van der Waals surface area contributed by atoms with Crippen molar-refractivity contribution in [1.82, 2.24) is 15.5 Å². The first kappa shape index (κ1) is 24.0. The first-order chi connectivity index (χ1) is 12.1. The second-order valence-electron chi connectivity index (χ2n) is 8.43. The van der Waals surface area contributed by atoms with Crippen molar-refractivity contribution in [2.45, 2.75) is 64.8 Å². The molecular formula is C20H41IN4O. The molecule has 1 saturated carbocycles. The molecule has 1 unspecified atom stereocenters. The lowest BCUT2D eigenvalue weighted by Gasteiger charge is -2.42. The molecule has 0 spiro atoms. The normalized spacial score (nSPS) is 21.2. The number of hydrogen-bond acceptors (Lipinski definition) is 3. The molecule has 2 rings (SSSR count). The fourth-order valence-corrected chi connectivity index (χ4v) is 4.23. The number of halogens is 1. The zero-order valence-corrected chi connectivity index (χ0v) is 19.7. The van der Waals surface area contributed by atoms with E-state index in [1.165, 1.54) is 51.6 Å². The molecule has 0 aromatic carbocycles. The Labute approximate surface area is 178 Å². The minimum absolute atomic E-state index is 0. The van der Waals surface area contributed by atoms with Gasteiger partial charge in [-0.05, 0) is 62.9 Å². The molecule has 26 heavy (non-hydrogen) atoms. The maximum Gasteiger partial charge on any atom is 0.191 e. The number of methoxy groups -OCH3 is 1. The van der Waals surface area contributed by atoms with E-state index in [-0.39, 0.29) is 24.0 Å². The second-order valence-corrected chi connectivity index (χ2v) is 8.43. The highest BCUT2D eigenvalue weighted by Crippen LogP contribution is 2.43. The second kappa shape index (κ2) is 12.4. The lowest BCUT2D eigenvalue weighted by atomic mass is 9.67. The Bertz CT molecular complexity index is 407. The molecule has 0 bridgehead atoms. The Kier molecular flexibility index (Phi) is 11.4. The standard InChI is InChI=1S/C20H40N4O.HI/c1-17(2)14-18(24-11-5-6-12-24)15-22-19(21-3)23-16-20(8-7-9-20)10-13-25-4;/h17-18H,5-16H2,1-4H3,(H2,21,22,23);1H. The minimum Gasteiger partial charge on any atom is -0.385 e. The molecule has 0 aromatic rings. The van der Waals surface area contributed by atoms with Crippen LogP contribution in [0.4, 0.5) is 0 Å². The van der Waals surface area contributed by atoms with E-state index in [1.54, 1.807) is 7.11 Å². The molecule has 2 fully saturated rings. The molecule has 0 amide bonds. The van der Waals surface area contributed by atoms with E-state index in [1.807, 2.05) is 7.05 Å². The Morgan fingerprint density at radius 2 is 1.85 bits per heavy atom. The molecule has 0 radical (unpaired) electrons. The monoisotopic (exact) mass is 480 g/mol. The van der Waals surface area contributed by atoms with Crippen LogP contribution < -0.4 is 10.6 Å². The fourth-order valence-electron chi connectivity index (χ4n) is 4.23. The van der Waals surface area contributed by atoms with Crippen LogP contribution in [0.2, 0.25) is 0 Å². The van der Waals surface area contributed by atoms with E-state index in [9.17, 15) is 0 Å². The van der Waals surface area contributed by atoms with Crippen molar-refractivity contribution < 1.29 is 4.74 Å². The van der Waals surface area contributed by atoms with Gasteiger partial charge in [-0.2, -0.15) is 0 Å². The lowest BCUT2D eigenvalue weighted by molar-refractivity contribution is 0.0732. The topological polar surface area (TPSA) is 48.9 Å². The average molecular weight is 480 g/mol. The molecule has 1 atom stereocenters. The number of ether oxygens (including phenoxy) is 1. The minimum atomic E-state index is 0. The summed E-state index contributed by atoms with van der Waals surface area (Å²) in [6, 6.07) is 0.618. The Balaban J connectivity index is 0.00000338. The van der Waals surface area contributed by atoms with E-state index in [4.69, 9.17) is 4.74 Å². The fraction of sp³-hybridized carbons (Fsp3) is 0.950. The highest BCUT2D eigenvalue weighted by atomic mass is 127. The van der Waals surface area contributed by atoms with Gasteiger partial charge in [0.1, 0.15) is 0 Å². The maximum atomic E-state index is 5.30. The van der Waals surface area contributed by atoms with Crippen molar-refractivity contribution in [2.24, 2.45) is 16.3 Å². The first-order valence-electron chi connectivity index (χ1n) is 10.3. The van der Waals surface area contributed by atoms with Crippen molar-refractivity contribution in [2.75, 3.05) is 46.9 Å². The van der Waals surface area contributed by atoms with Crippen LogP contribution in [0.25, 0.3) is 0 Å². The molecule has 1 heterocycles. The van der Waals surface area contributed by atoms with E-state index in [2.05, 4.69) is 34.4 Å². The van der Waals surface area contributed by atoms with Crippen molar-refractivity contribution >= 4 is 29.9 Å². The van der Waals surface area contributed by atoms with Gasteiger partial charge in [0.15, 0.2) is 5.96 Å². The van der Waals surface area contributed by atoms with Crippen LogP contribution in [0.3, 0.4) is 0 Å². The van der Waals surface area contributed by atoms with Crippen molar-refractivity contribution in [3.8, 4) is 0 Å². The molecule has 0 aromatic heterocycles. The number of aliphatic imine (C=N–C) groups is 1. The smallest absolute Gasteiger partial charge is 0.191 e. The molecule has 6 heteroatoms. The number of nitrogens with one attached hydrogen (secondary N) is 2. The van der Waals surface area contributed by atoms with Crippen molar-refractivity contribution in [3.05, 3.63) is 0 Å². The van der Waals surface area contributed by atoms with E-state index in [0.29, 0.717) is 11.5 Å². The van der Waals surface area contributed by atoms with Gasteiger partial charge in [0.25, 0.3) is 0 Å². The Morgan fingerprint density at radius 1 is 1.15 bits per heavy atom. The summed E-state index contributed by atoms with van der Waals surface area (Å²) in [7, 11) is 3.68. The van der Waals surface area contributed by atoms with Crippen LogP contribution in [0.15, 0.2) is 4.99 Å². The molecule has 5 nitrogen and oxygen atoms in total. The van der Waals surface area contributed by atoms with Gasteiger partial charge in [-0.25, -0.2) is 0 Å². The summed E-state index contributed by atoms with van der Waals surface area (Å²) < 4.78 is 5.30. The number of hydrogen-bond donors (Lipinski definition) is 2. The quantitative estimate of drug-likeness (QED) is 0.286. The molecule has 1 saturated heterocycles. The van der Waals surface area contributed by atoms with Gasteiger partial charge in [0.2, 0.25) is 0 Å². The third-order valence-electron chi connectivity index (χ3n) is 6.01. The third kappa shape index (κ3) is 7.50. The predicted molar refractivity (Wildman–Crippen MR) is 122 cm³/mol. The summed E-state index contributed by atoms with van der Waals surface area (Å²) in [4.78, 5) is 7.11. The summed E-state index contributed by atoms with van der Waals surface area (Å²) >= 11 is 0. The summed E-state index contributed by atoms with van der Waals surface area (Å²) in [5.74, 6) is 1.69. The van der Waals surface area contributed by atoms with Crippen LogP contribution in [0, 0.1) is 11.3 Å². The largest absolute Gasteiger partial charge is 0.385 e. The number of nitrogens with zero attached hydrogens (tertiary/aromatic N) is 2. The van der Waals surface area contributed by atoms with Crippen LogP contribution >= 0.6 is 24.0 Å². The van der Waals surface area contributed by atoms with Gasteiger partial charge in [-0.3, -0.25) is 9.89 Å². The van der Waals surface area contributed by atoms with Gasteiger partial charge in [-0.1, -0.05) is 20.3 Å².